The molecule has 0 saturated carbocycles. The minimum Gasteiger partial charge on any atom is -0.399 e. The molecule has 0 bridgehead atoms. The van der Waals surface area contributed by atoms with Gasteiger partial charge in [-0.15, -0.1) is 12.4 Å². The van der Waals surface area contributed by atoms with E-state index in [0.717, 1.165) is 0 Å². The van der Waals surface area contributed by atoms with Crippen LogP contribution in [0.1, 0.15) is 5.56 Å². The molecule has 118 valence electrons. The second kappa shape index (κ2) is 8.35. The predicted octanol–water partition coefficient (Wildman–Crippen LogP) is 1.03. The van der Waals surface area contributed by atoms with Gasteiger partial charge in [0.1, 0.15) is 6.54 Å². The van der Waals surface area contributed by atoms with E-state index in [-0.39, 0.29) is 18.8 Å². The highest BCUT2D eigenvalue weighted by molar-refractivity contribution is 5.86. The van der Waals surface area contributed by atoms with Crippen LogP contribution in [-0.2, 0) is 16.0 Å². The normalized spacial score (nSPS) is 10.4. The summed E-state index contributed by atoms with van der Waals surface area (Å²) in [7, 11) is 0. The van der Waals surface area contributed by atoms with Crippen molar-refractivity contribution in [3.63, 3.8) is 0 Å². The molecule has 5 nitrogen and oxygen atoms in total. The second-order valence-corrected chi connectivity index (χ2v) is 4.09. The molecule has 0 aliphatic heterocycles. The van der Waals surface area contributed by atoms with Crippen molar-refractivity contribution >= 4 is 29.9 Å². The lowest BCUT2D eigenvalue weighted by molar-refractivity contribution is -0.138. The quantitative estimate of drug-likeness (QED) is 0.707. The fourth-order valence-electron chi connectivity index (χ4n) is 1.32. The fourth-order valence-corrected chi connectivity index (χ4v) is 1.32. The van der Waals surface area contributed by atoms with E-state index in [0.29, 0.717) is 11.3 Å². The fraction of sp³-hybridized carbons (Fsp3) is 0.333. The highest BCUT2D eigenvalue weighted by atomic mass is 35.5. The molecule has 1 rings (SSSR count). The Morgan fingerprint density at radius 2 is 1.62 bits per heavy atom. The van der Waals surface area contributed by atoms with Crippen molar-refractivity contribution < 1.29 is 22.8 Å². The van der Waals surface area contributed by atoms with Crippen molar-refractivity contribution in [3.05, 3.63) is 29.8 Å². The summed E-state index contributed by atoms with van der Waals surface area (Å²) in [6.45, 7) is -1.91. The third kappa shape index (κ3) is 8.74. The van der Waals surface area contributed by atoms with Crippen LogP contribution in [0, 0.1) is 0 Å². The van der Waals surface area contributed by atoms with E-state index < -0.39 is 31.1 Å². The van der Waals surface area contributed by atoms with Crippen molar-refractivity contribution in [2.75, 3.05) is 18.8 Å². The van der Waals surface area contributed by atoms with E-state index in [9.17, 15) is 22.8 Å². The molecule has 9 heteroatoms. The van der Waals surface area contributed by atoms with Crippen LogP contribution in [0.4, 0.5) is 18.9 Å². The number of nitrogens with one attached hydrogen (secondary N) is 2. The first-order chi connectivity index (χ1) is 9.26. The highest BCUT2D eigenvalue weighted by Gasteiger charge is 2.27. The predicted molar refractivity (Wildman–Crippen MR) is 73.9 cm³/mol. The molecule has 0 unspecified atom stereocenters. The number of nitrogen functional groups attached to an aromatic ring is 1. The van der Waals surface area contributed by atoms with Crippen LogP contribution < -0.4 is 16.4 Å². The number of amides is 2. The SMILES string of the molecule is Cl.Nc1ccc(CC(=O)NCC(=O)NCC(F)(F)F)cc1. The first-order valence-corrected chi connectivity index (χ1v) is 5.71. The van der Waals surface area contributed by atoms with Gasteiger partial charge in [0, 0.05) is 5.69 Å². The second-order valence-electron chi connectivity index (χ2n) is 4.09. The maximum atomic E-state index is 11.8. The Morgan fingerprint density at radius 3 is 2.14 bits per heavy atom. The first-order valence-electron chi connectivity index (χ1n) is 5.71. The molecule has 0 spiro atoms. The van der Waals surface area contributed by atoms with Crippen molar-refractivity contribution in [2.45, 2.75) is 12.6 Å². The van der Waals surface area contributed by atoms with Gasteiger partial charge >= 0.3 is 6.18 Å². The summed E-state index contributed by atoms with van der Waals surface area (Å²) in [5.74, 6) is -1.36. The van der Waals surface area contributed by atoms with E-state index in [1.54, 1.807) is 29.6 Å². The summed E-state index contributed by atoms with van der Waals surface area (Å²) in [5, 5.41) is 3.89. The van der Waals surface area contributed by atoms with Gasteiger partial charge in [0.25, 0.3) is 0 Å². The van der Waals surface area contributed by atoms with E-state index in [1.807, 2.05) is 0 Å². The molecule has 1 aromatic rings. The molecule has 21 heavy (non-hydrogen) atoms. The molecule has 2 amide bonds. The van der Waals surface area contributed by atoms with Gasteiger partial charge in [-0.2, -0.15) is 13.2 Å². The number of benzene rings is 1. The molecule has 0 aliphatic carbocycles. The maximum Gasteiger partial charge on any atom is 0.405 e. The molecule has 1 aromatic carbocycles. The summed E-state index contributed by atoms with van der Waals surface area (Å²) in [6, 6.07) is 6.55. The van der Waals surface area contributed by atoms with Gasteiger partial charge in [0.05, 0.1) is 13.0 Å². The molecule has 0 heterocycles. The molecular formula is C12H15ClF3N3O2. The topological polar surface area (TPSA) is 84.2 Å². The lowest BCUT2D eigenvalue weighted by Gasteiger charge is -2.09. The van der Waals surface area contributed by atoms with Gasteiger partial charge in [0.15, 0.2) is 0 Å². The number of halogens is 4. The monoisotopic (exact) mass is 325 g/mol. The molecule has 4 N–H and O–H groups in total. The highest BCUT2D eigenvalue weighted by Crippen LogP contribution is 2.11. The van der Waals surface area contributed by atoms with Gasteiger partial charge in [-0.05, 0) is 17.7 Å². The van der Waals surface area contributed by atoms with Crippen LogP contribution in [-0.4, -0.2) is 31.1 Å². The third-order valence-electron chi connectivity index (χ3n) is 2.28. The number of anilines is 1. The van der Waals surface area contributed by atoms with Crippen molar-refractivity contribution in [1.82, 2.24) is 10.6 Å². The Hall–Kier alpha value is -1.96. The summed E-state index contributed by atoms with van der Waals surface area (Å²) in [5.41, 5.74) is 6.72. The van der Waals surface area contributed by atoms with Crippen LogP contribution in [0.15, 0.2) is 24.3 Å². The molecule has 0 saturated heterocycles. The Morgan fingerprint density at radius 1 is 1.05 bits per heavy atom. The number of hydrogen-bond donors (Lipinski definition) is 3. The number of rotatable bonds is 5. The zero-order valence-corrected chi connectivity index (χ0v) is 11.7. The van der Waals surface area contributed by atoms with Gasteiger partial charge in [-0.1, -0.05) is 12.1 Å². The summed E-state index contributed by atoms with van der Waals surface area (Å²) in [4.78, 5) is 22.5. The minimum atomic E-state index is -4.47. The molecule has 0 radical (unpaired) electrons. The van der Waals surface area contributed by atoms with Crippen molar-refractivity contribution in [1.29, 1.82) is 0 Å². The number of hydrogen-bond acceptors (Lipinski definition) is 3. The number of carbonyl (C=O) groups is 2. The Balaban J connectivity index is 0.00000400. The lowest BCUT2D eigenvalue weighted by Crippen LogP contribution is -2.41. The molecule has 0 atom stereocenters. The lowest BCUT2D eigenvalue weighted by atomic mass is 10.1. The van der Waals surface area contributed by atoms with Crippen LogP contribution in [0.5, 0.6) is 0 Å². The summed E-state index contributed by atoms with van der Waals surface area (Å²) < 4.78 is 35.5. The van der Waals surface area contributed by atoms with Crippen LogP contribution >= 0.6 is 12.4 Å². The van der Waals surface area contributed by atoms with E-state index >= 15 is 0 Å². The van der Waals surface area contributed by atoms with E-state index in [4.69, 9.17) is 5.73 Å². The molecular weight excluding hydrogens is 311 g/mol. The average Bonchev–Trinajstić information content (AvgIpc) is 2.36. The maximum absolute atomic E-state index is 11.8. The molecule has 0 fully saturated rings. The average molecular weight is 326 g/mol. The Kier molecular flexibility index (Phi) is 7.57. The zero-order valence-electron chi connectivity index (χ0n) is 10.9. The number of alkyl halides is 3. The smallest absolute Gasteiger partial charge is 0.399 e. The van der Waals surface area contributed by atoms with Crippen LogP contribution in [0.2, 0.25) is 0 Å². The van der Waals surface area contributed by atoms with E-state index in [2.05, 4.69) is 5.32 Å². The van der Waals surface area contributed by atoms with Crippen molar-refractivity contribution in [3.8, 4) is 0 Å². The van der Waals surface area contributed by atoms with Gasteiger partial charge in [-0.3, -0.25) is 9.59 Å². The standard InChI is InChI=1S/C12H14F3N3O2.ClH/c13-12(14,15)7-18-11(20)6-17-10(19)5-8-1-3-9(16)4-2-8;/h1-4H,5-7,16H2,(H,17,19)(H,18,20);1H. The largest absolute Gasteiger partial charge is 0.405 e. The van der Waals surface area contributed by atoms with Gasteiger partial charge in [0.2, 0.25) is 11.8 Å². The van der Waals surface area contributed by atoms with Gasteiger partial charge in [-0.25, -0.2) is 0 Å². The van der Waals surface area contributed by atoms with Crippen LogP contribution in [0.25, 0.3) is 0 Å². The van der Waals surface area contributed by atoms with Gasteiger partial charge < -0.3 is 16.4 Å². The number of carbonyl (C=O) groups excluding carboxylic acids is 2. The number of nitrogens with two attached hydrogens (primary N) is 1. The third-order valence-corrected chi connectivity index (χ3v) is 2.28. The van der Waals surface area contributed by atoms with Crippen LogP contribution in [0.3, 0.4) is 0 Å². The Bertz CT molecular complexity index is 478. The molecule has 0 aromatic heterocycles. The minimum absolute atomic E-state index is 0. The Labute approximate surface area is 125 Å². The summed E-state index contributed by atoms with van der Waals surface area (Å²) >= 11 is 0. The van der Waals surface area contributed by atoms with Crippen molar-refractivity contribution in [2.24, 2.45) is 0 Å². The first kappa shape index (κ1) is 19.0. The van der Waals surface area contributed by atoms with E-state index in [1.165, 1.54) is 0 Å². The zero-order chi connectivity index (χ0) is 15.2. The molecule has 0 aliphatic rings. The summed E-state index contributed by atoms with van der Waals surface area (Å²) in [6.07, 6.45) is -4.45.